The molecule has 1 aromatic carbocycles. The van der Waals surface area contributed by atoms with E-state index >= 15 is 0 Å². The van der Waals surface area contributed by atoms with E-state index in [0.717, 1.165) is 37.4 Å². The van der Waals surface area contributed by atoms with Crippen molar-refractivity contribution in [2.75, 3.05) is 31.2 Å². The van der Waals surface area contributed by atoms with Gasteiger partial charge in [0, 0.05) is 18.8 Å². The maximum Gasteiger partial charge on any atom is 0.325 e. The van der Waals surface area contributed by atoms with Gasteiger partial charge in [0.25, 0.3) is 0 Å². The van der Waals surface area contributed by atoms with Crippen LogP contribution in [0.1, 0.15) is 22.7 Å². The number of morpholine rings is 1. The molecular formula is C14H20N2O3. The Labute approximate surface area is 113 Å². The molecule has 0 aliphatic carbocycles. The van der Waals surface area contributed by atoms with Crippen LogP contribution in [0.5, 0.6) is 0 Å². The van der Waals surface area contributed by atoms with Gasteiger partial charge in [0.2, 0.25) is 0 Å². The molecule has 0 saturated carbocycles. The van der Waals surface area contributed by atoms with E-state index in [9.17, 15) is 4.79 Å². The first-order chi connectivity index (χ1) is 9.00. The van der Waals surface area contributed by atoms with Gasteiger partial charge in [-0.1, -0.05) is 12.1 Å². The second-order valence-electron chi connectivity index (χ2n) is 4.92. The molecule has 1 aliphatic rings. The van der Waals surface area contributed by atoms with Crippen LogP contribution in [0, 0.1) is 13.8 Å². The summed E-state index contributed by atoms with van der Waals surface area (Å²) in [7, 11) is 0. The van der Waals surface area contributed by atoms with Crippen LogP contribution in [0.4, 0.5) is 5.69 Å². The molecule has 1 aromatic rings. The minimum atomic E-state index is -1.00. The number of carboxylic acid groups (broad SMARTS) is 1. The Kier molecular flexibility index (Phi) is 4.07. The zero-order chi connectivity index (χ0) is 14.0. The van der Waals surface area contributed by atoms with Crippen molar-refractivity contribution in [1.82, 2.24) is 0 Å². The van der Waals surface area contributed by atoms with Gasteiger partial charge in [0.05, 0.1) is 13.2 Å². The van der Waals surface area contributed by atoms with Crippen molar-refractivity contribution >= 4 is 11.7 Å². The first kappa shape index (κ1) is 13.8. The van der Waals surface area contributed by atoms with E-state index in [-0.39, 0.29) is 0 Å². The summed E-state index contributed by atoms with van der Waals surface area (Å²) in [6.07, 6.45) is 0. The molecule has 1 heterocycles. The summed E-state index contributed by atoms with van der Waals surface area (Å²) in [6, 6.07) is 2.78. The number of nitrogens with zero attached hydrogens (tertiary/aromatic N) is 1. The van der Waals surface area contributed by atoms with Crippen LogP contribution in [0.15, 0.2) is 12.1 Å². The first-order valence-electron chi connectivity index (χ1n) is 6.43. The molecule has 0 unspecified atom stereocenters. The molecule has 0 bridgehead atoms. The molecule has 0 radical (unpaired) electrons. The van der Waals surface area contributed by atoms with Gasteiger partial charge < -0.3 is 20.5 Å². The number of aliphatic carboxylic acids is 1. The van der Waals surface area contributed by atoms with Crippen molar-refractivity contribution in [1.29, 1.82) is 0 Å². The number of anilines is 1. The van der Waals surface area contributed by atoms with Crippen LogP contribution in [0.25, 0.3) is 0 Å². The topological polar surface area (TPSA) is 75.8 Å². The van der Waals surface area contributed by atoms with E-state index in [1.165, 1.54) is 5.69 Å². The van der Waals surface area contributed by atoms with E-state index in [2.05, 4.69) is 4.90 Å². The third-order valence-electron chi connectivity index (χ3n) is 3.47. The molecule has 5 heteroatoms. The molecule has 1 saturated heterocycles. The van der Waals surface area contributed by atoms with Gasteiger partial charge in [-0.2, -0.15) is 0 Å². The highest BCUT2D eigenvalue weighted by molar-refractivity contribution is 5.76. The lowest BCUT2D eigenvalue weighted by atomic mass is 9.99. The lowest BCUT2D eigenvalue weighted by Gasteiger charge is -2.32. The van der Waals surface area contributed by atoms with Crippen molar-refractivity contribution < 1.29 is 14.6 Å². The number of hydrogen-bond acceptors (Lipinski definition) is 4. The summed E-state index contributed by atoms with van der Waals surface area (Å²) in [6.45, 7) is 7.19. The molecule has 3 N–H and O–H groups in total. The number of benzene rings is 1. The Balaban J connectivity index is 2.34. The fraction of sp³-hybridized carbons (Fsp3) is 0.500. The van der Waals surface area contributed by atoms with E-state index in [4.69, 9.17) is 15.6 Å². The van der Waals surface area contributed by atoms with Crippen LogP contribution in [0.3, 0.4) is 0 Å². The maximum atomic E-state index is 11.0. The van der Waals surface area contributed by atoms with Crippen LogP contribution in [-0.2, 0) is 9.53 Å². The highest BCUT2D eigenvalue weighted by atomic mass is 16.5. The maximum absolute atomic E-state index is 11.0. The SMILES string of the molecule is Cc1cc([C@H](N)C(=O)O)cc(C)c1N1CCOCC1. The molecule has 19 heavy (non-hydrogen) atoms. The standard InChI is InChI=1S/C14H20N2O3/c1-9-7-11(12(15)14(17)18)8-10(2)13(9)16-3-5-19-6-4-16/h7-8,12H,3-6,15H2,1-2H3,(H,17,18)/t12-/m0/s1. The summed E-state index contributed by atoms with van der Waals surface area (Å²) in [5.41, 5.74) is 9.62. The van der Waals surface area contributed by atoms with Gasteiger partial charge in [0.15, 0.2) is 0 Å². The van der Waals surface area contributed by atoms with Crippen LogP contribution >= 0.6 is 0 Å². The predicted molar refractivity (Wildman–Crippen MR) is 73.5 cm³/mol. The second-order valence-corrected chi connectivity index (χ2v) is 4.92. The van der Waals surface area contributed by atoms with Crippen LogP contribution in [-0.4, -0.2) is 37.4 Å². The average Bonchev–Trinajstić information content (AvgIpc) is 2.38. The number of nitrogens with two attached hydrogens (primary N) is 1. The lowest BCUT2D eigenvalue weighted by Crippen LogP contribution is -2.37. The number of carboxylic acids is 1. The van der Waals surface area contributed by atoms with E-state index in [0.29, 0.717) is 5.56 Å². The van der Waals surface area contributed by atoms with Gasteiger partial charge in [0.1, 0.15) is 6.04 Å². The quantitative estimate of drug-likeness (QED) is 0.858. The third kappa shape index (κ3) is 2.88. The first-order valence-corrected chi connectivity index (χ1v) is 6.43. The molecule has 104 valence electrons. The summed E-state index contributed by atoms with van der Waals surface area (Å²) in [5.74, 6) is -1.00. The number of carbonyl (C=O) groups is 1. The summed E-state index contributed by atoms with van der Waals surface area (Å²) >= 11 is 0. The Bertz CT molecular complexity index is 459. The zero-order valence-corrected chi connectivity index (χ0v) is 11.3. The number of ether oxygens (including phenoxy) is 1. The van der Waals surface area contributed by atoms with Gasteiger partial charge in [-0.15, -0.1) is 0 Å². The summed E-state index contributed by atoms with van der Waals surface area (Å²) in [4.78, 5) is 13.2. The van der Waals surface area contributed by atoms with Gasteiger partial charge in [-0.05, 0) is 30.5 Å². The second kappa shape index (κ2) is 5.59. The van der Waals surface area contributed by atoms with E-state index in [1.807, 2.05) is 26.0 Å². The van der Waals surface area contributed by atoms with Crippen LogP contribution < -0.4 is 10.6 Å². The van der Waals surface area contributed by atoms with Crippen molar-refractivity contribution in [2.24, 2.45) is 5.73 Å². The summed E-state index contributed by atoms with van der Waals surface area (Å²) < 4.78 is 5.35. The number of rotatable bonds is 3. The highest BCUT2D eigenvalue weighted by Gasteiger charge is 2.20. The zero-order valence-electron chi connectivity index (χ0n) is 11.3. The summed E-state index contributed by atoms with van der Waals surface area (Å²) in [5, 5.41) is 8.98. The Morgan fingerprint density at radius 1 is 1.32 bits per heavy atom. The molecule has 2 rings (SSSR count). The predicted octanol–water partition coefficient (Wildman–Crippen LogP) is 1.22. The normalized spacial score (nSPS) is 17.3. The van der Waals surface area contributed by atoms with Gasteiger partial charge in [-0.25, -0.2) is 0 Å². The van der Waals surface area contributed by atoms with Crippen molar-refractivity contribution in [3.05, 3.63) is 28.8 Å². The third-order valence-corrected chi connectivity index (χ3v) is 3.47. The minimum Gasteiger partial charge on any atom is -0.480 e. The molecule has 1 atom stereocenters. The highest BCUT2D eigenvalue weighted by Crippen LogP contribution is 2.28. The molecule has 0 aromatic heterocycles. The molecule has 0 spiro atoms. The van der Waals surface area contributed by atoms with Crippen molar-refractivity contribution in [3.63, 3.8) is 0 Å². The van der Waals surface area contributed by atoms with Crippen molar-refractivity contribution in [3.8, 4) is 0 Å². The minimum absolute atomic E-state index is 0.652. The van der Waals surface area contributed by atoms with Crippen LogP contribution in [0.2, 0.25) is 0 Å². The fourth-order valence-electron chi connectivity index (χ4n) is 2.60. The molecule has 5 nitrogen and oxygen atoms in total. The number of hydrogen-bond donors (Lipinski definition) is 2. The largest absolute Gasteiger partial charge is 0.480 e. The molecule has 1 fully saturated rings. The van der Waals surface area contributed by atoms with E-state index in [1.54, 1.807) is 0 Å². The molecule has 0 amide bonds. The Hall–Kier alpha value is -1.59. The Morgan fingerprint density at radius 2 is 1.84 bits per heavy atom. The van der Waals surface area contributed by atoms with E-state index < -0.39 is 12.0 Å². The molecule has 1 aliphatic heterocycles. The van der Waals surface area contributed by atoms with Gasteiger partial charge >= 0.3 is 5.97 Å². The lowest BCUT2D eigenvalue weighted by molar-refractivity contribution is -0.138. The molecular weight excluding hydrogens is 244 g/mol. The average molecular weight is 264 g/mol. The van der Waals surface area contributed by atoms with Gasteiger partial charge in [-0.3, -0.25) is 4.79 Å². The van der Waals surface area contributed by atoms with Crippen molar-refractivity contribution in [2.45, 2.75) is 19.9 Å². The monoisotopic (exact) mass is 264 g/mol. The number of aryl methyl sites for hydroxylation is 2. The smallest absolute Gasteiger partial charge is 0.325 e. The fourth-order valence-corrected chi connectivity index (χ4v) is 2.60. The Morgan fingerprint density at radius 3 is 2.32 bits per heavy atom.